The average molecular weight is 381 g/mol. The summed E-state index contributed by atoms with van der Waals surface area (Å²) in [5.74, 6) is 1.20. The smallest absolute Gasteiger partial charge is 0.261 e. The van der Waals surface area contributed by atoms with Crippen LogP contribution in [-0.4, -0.2) is 41.0 Å². The van der Waals surface area contributed by atoms with E-state index in [1.54, 1.807) is 29.2 Å². The van der Waals surface area contributed by atoms with Gasteiger partial charge in [-0.05, 0) is 42.8 Å². The highest BCUT2D eigenvalue weighted by molar-refractivity contribution is 7.99. The minimum Gasteiger partial charge on any atom is -0.483 e. The van der Waals surface area contributed by atoms with Crippen LogP contribution in [-0.2, 0) is 9.59 Å². The Morgan fingerprint density at radius 3 is 2.70 bits per heavy atom. The first kappa shape index (κ1) is 18.8. The molecule has 1 unspecified atom stereocenters. The summed E-state index contributed by atoms with van der Waals surface area (Å²) >= 11 is 1.53. The number of carbonyl (C=O) groups is 2. The monoisotopic (exact) mass is 381 g/mol. The lowest BCUT2D eigenvalue weighted by Gasteiger charge is -2.23. The molecule has 1 saturated heterocycles. The number of amides is 2. The van der Waals surface area contributed by atoms with Gasteiger partial charge in [0, 0.05) is 11.4 Å². The van der Waals surface area contributed by atoms with Crippen molar-refractivity contribution in [3.05, 3.63) is 59.7 Å². The SMILES string of the molecule is Cc1ccccc1OCC(=O)N1CSCC1C(=O)Nc1ccc(C#N)cc1. The minimum absolute atomic E-state index is 0.105. The van der Waals surface area contributed by atoms with Crippen LogP contribution in [0.1, 0.15) is 11.1 Å². The second kappa shape index (κ2) is 8.60. The van der Waals surface area contributed by atoms with Crippen molar-refractivity contribution in [1.82, 2.24) is 4.90 Å². The van der Waals surface area contributed by atoms with Crippen molar-refractivity contribution in [2.75, 3.05) is 23.6 Å². The molecule has 1 aliphatic heterocycles. The molecule has 0 aromatic heterocycles. The fourth-order valence-electron chi connectivity index (χ4n) is 2.70. The molecule has 2 aromatic rings. The molecule has 6 nitrogen and oxygen atoms in total. The maximum absolute atomic E-state index is 12.6. The maximum Gasteiger partial charge on any atom is 0.261 e. The van der Waals surface area contributed by atoms with Crippen LogP contribution >= 0.6 is 11.8 Å². The van der Waals surface area contributed by atoms with Crippen LogP contribution in [0.15, 0.2) is 48.5 Å². The highest BCUT2D eigenvalue weighted by Gasteiger charge is 2.34. The van der Waals surface area contributed by atoms with Crippen LogP contribution in [0.25, 0.3) is 0 Å². The summed E-state index contributed by atoms with van der Waals surface area (Å²) in [6, 6.07) is 15.6. The van der Waals surface area contributed by atoms with E-state index in [1.165, 1.54) is 11.8 Å². The Labute approximate surface area is 162 Å². The van der Waals surface area contributed by atoms with Gasteiger partial charge in [-0.3, -0.25) is 9.59 Å². The highest BCUT2D eigenvalue weighted by Crippen LogP contribution is 2.23. The van der Waals surface area contributed by atoms with Crippen molar-refractivity contribution < 1.29 is 14.3 Å². The third-order valence-electron chi connectivity index (χ3n) is 4.23. The third kappa shape index (κ3) is 4.60. The van der Waals surface area contributed by atoms with Crippen LogP contribution in [0, 0.1) is 18.3 Å². The number of rotatable bonds is 5. The van der Waals surface area contributed by atoms with E-state index in [4.69, 9.17) is 10.00 Å². The highest BCUT2D eigenvalue weighted by atomic mass is 32.2. The lowest BCUT2D eigenvalue weighted by atomic mass is 10.2. The van der Waals surface area contributed by atoms with Gasteiger partial charge in [0.05, 0.1) is 17.5 Å². The molecule has 1 N–H and O–H groups in total. The summed E-state index contributed by atoms with van der Waals surface area (Å²) in [7, 11) is 0. The zero-order chi connectivity index (χ0) is 19.2. The number of aryl methyl sites for hydroxylation is 1. The number of carbonyl (C=O) groups excluding carboxylic acids is 2. The van der Waals surface area contributed by atoms with Gasteiger partial charge in [-0.15, -0.1) is 11.8 Å². The van der Waals surface area contributed by atoms with Crippen molar-refractivity contribution in [3.63, 3.8) is 0 Å². The fourth-order valence-corrected chi connectivity index (χ4v) is 3.88. The number of hydrogen-bond donors (Lipinski definition) is 1. The molecule has 0 aliphatic carbocycles. The Bertz CT molecular complexity index is 877. The third-order valence-corrected chi connectivity index (χ3v) is 5.24. The summed E-state index contributed by atoms with van der Waals surface area (Å²) in [4.78, 5) is 26.7. The first-order valence-electron chi connectivity index (χ1n) is 8.45. The molecule has 0 spiro atoms. The van der Waals surface area contributed by atoms with Crippen molar-refractivity contribution in [2.24, 2.45) is 0 Å². The van der Waals surface area contributed by atoms with Crippen molar-refractivity contribution >= 4 is 29.3 Å². The molecule has 138 valence electrons. The molecule has 1 atom stereocenters. The van der Waals surface area contributed by atoms with Crippen LogP contribution in [0.5, 0.6) is 5.75 Å². The number of nitrogens with zero attached hydrogens (tertiary/aromatic N) is 2. The van der Waals surface area contributed by atoms with Gasteiger partial charge in [-0.1, -0.05) is 18.2 Å². The molecule has 7 heteroatoms. The van der Waals surface area contributed by atoms with Crippen molar-refractivity contribution in [2.45, 2.75) is 13.0 Å². The second-order valence-electron chi connectivity index (χ2n) is 6.11. The number of benzene rings is 2. The van der Waals surface area contributed by atoms with Crippen LogP contribution in [0.2, 0.25) is 0 Å². The van der Waals surface area contributed by atoms with E-state index in [0.717, 1.165) is 5.56 Å². The number of anilines is 1. The van der Waals surface area contributed by atoms with E-state index in [1.807, 2.05) is 37.3 Å². The largest absolute Gasteiger partial charge is 0.483 e. The molecular weight excluding hydrogens is 362 g/mol. The molecule has 1 aliphatic rings. The molecule has 0 radical (unpaired) electrons. The standard InChI is InChI=1S/C20H19N3O3S/c1-14-4-2-3-5-18(14)26-11-19(24)23-13-27-12-17(23)20(25)22-16-8-6-15(10-21)7-9-16/h2-9,17H,11-13H2,1H3,(H,22,25). The first-order valence-corrected chi connectivity index (χ1v) is 9.60. The number of para-hydroxylation sites is 1. The quantitative estimate of drug-likeness (QED) is 0.861. The van der Waals surface area contributed by atoms with Gasteiger partial charge in [-0.25, -0.2) is 0 Å². The van der Waals surface area contributed by atoms with Crippen LogP contribution in [0.4, 0.5) is 5.69 Å². The average Bonchev–Trinajstić information content (AvgIpc) is 3.18. The van der Waals surface area contributed by atoms with Crippen molar-refractivity contribution in [1.29, 1.82) is 5.26 Å². The predicted molar refractivity (Wildman–Crippen MR) is 104 cm³/mol. The maximum atomic E-state index is 12.6. The summed E-state index contributed by atoms with van der Waals surface area (Å²) in [6.45, 7) is 1.81. The Morgan fingerprint density at radius 1 is 1.26 bits per heavy atom. The normalized spacial score (nSPS) is 15.9. The van der Waals surface area contributed by atoms with Gasteiger partial charge in [0.15, 0.2) is 6.61 Å². The fraction of sp³-hybridized carbons (Fsp3) is 0.250. The number of nitrogens with one attached hydrogen (secondary N) is 1. The van der Waals surface area contributed by atoms with E-state index in [9.17, 15) is 9.59 Å². The molecule has 0 bridgehead atoms. The number of ether oxygens (including phenoxy) is 1. The molecule has 1 fully saturated rings. The zero-order valence-corrected chi connectivity index (χ0v) is 15.7. The van der Waals surface area contributed by atoms with Gasteiger partial charge in [0.1, 0.15) is 11.8 Å². The molecule has 0 saturated carbocycles. The van der Waals surface area contributed by atoms with Crippen molar-refractivity contribution in [3.8, 4) is 11.8 Å². The topological polar surface area (TPSA) is 82.4 Å². The van der Waals surface area contributed by atoms with Gasteiger partial charge in [-0.2, -0.15) is 5.26 Å². The number of hydrogen-bond acceptors (Lipinski definition) is 5. The number of thioether (sulfide) groups is 1. The van der Waals surface area contributed by atoms with Gasteiger partial charge < -0.3 is 15.0 Å². The molecule has 3 rings (SSSR count). The second-order valence-corrected chi connectivity index (χ2v) is 7.11. The lowest BCUT2D eigenvalue weighted by molar-refractivity contribution is -0.137. The Balaban J connectivity index is 1.60. The van der Waals surface area contributed by atoms with Gasteiger partial charge >= 0.3 is 0 Å². The molecule has 2 amide bonds. The Kier molecular flexibility index (Phi) is 5.99. The Morgan fingerprint density at radius 2 is 2.00 bits per heavy atom. The van der Waals surface area contributed by atoms with E-state index >= 15 is 0 Å². The Hall–Kier alpha value is -2.98. The summed E-state index contributed by atoms with van der Waals surface area (Å²) in [6.07, 6.45) is 0. The molecule has 1 heterocycles. The van der Waals surface area contributed by atoms with Gasteiger partial charge in [0.2, 0.25) is 5.91 Å². The van der Waals surface area contributed by atoms with E-state index in [2.05, 4.69) is 5.32 Å². The van der Waals surface area contributed by atoms with Crippen LogP contribution in [0.3, 0.4) is 0 Å². The van der Waals surface area contributed by atoms with Crippen LogP contribution < -0.4 is 10.1 Å². The van der Waals surface area contributed by atoms with E-state index < -0.39 is 6.04 Å². The lowest BCUT2D eigenvalue weighted by Crippen LogP contribution is -2.46. The van der Waals surface area contributed by atoms with E-state index in [0.29, 0.717) is 28.6 Å². The molecule has 27 heavy (non-hydrogen) atoms. The zero-order valence-electron chi connectivity index (χ0n) is 14.8. The summed E-state index contributed by atoms with van der Waals surface area (Å²) < 4.78 is 5.62. The first-order chi connectivity index (χ1) is 13.1. The minimum atomic E-state index is -0.543. The predicted octanol–water partition coefficient (Wildman–Crippen LogP) is 2.79. The number of nitriles is 1. The molecule has 2 aromatic carbocycles. The van der Waals surface area contributed by atoms with E-state index in [-0.39, 0.29) is 18.4 Å². The molecular formula is C20H19N3O3S. The summed E-state index contributed by atoms with van der Waals surface area (Å²) in [5, 5.41) is 11.6. The summed E-state index contributed by atoms with van der Waals surface area (Å²) in [5.41, 5.74) is 2.07. The van der Waals surface area contributed by atoms with Gasteiger partial charge in [0.25, 0.3) is 5.91 Å².